The molecule has 0 spiro atoms. The van der Waals surface area contributed by atoms with E-state index in [1.165, 1.54) is 0 Å². The summed E-state index contributed by atoms with van der Waals surface area (Å²) in [6.45, 7) is 0. The molecule has 114 valence electrons. The molecule has 0 saturated heterocycles. The van der Waals surface area contributed by atoms with Crippen LogP contribution in [-0.4, -0.2) is 11.6 Å². The topological polar surface area (TPSA) is 34.1 Å². The quantitative estimate of drug-likeness (QED) is 0.414. The van der Waals surface area contributed by atoms with Crippen molar-refractivity contribution in [1.82, 2.24) is 0 Å². The minimum Gasteiger partial charge on any atom is -0.294 e. The summed E-state index contributed by atoms with van der Waals surface area (Å²) in [6, 6.07) is 14.7. The Bertz CT molecular complexity index is 586. The van der Waals surface area contributed by atoms with Crippen LogP contribution in [0.1, 0.15) is 46.4 Å². The fourth-order valence-electron chi connectivity index (χ4n) is 2.13. The molecule has 0 aliphatic carbocycles. The van der Waals surface area contributed by atoms with E-state index >= 15 is 0 Å². The molecule has 0 aliphatic heterocycles. The Balaban J connectivity index is 1.74. The van der Waals surface area contributed by atoms with Crippen molar-refractivity contribution in [3.05, 3.63) is 68.6 Å². The molecule has 22 heavy (non-hydrogen) atoms. The van der Waals surface area contributed by atoms with Gasteiger partial charge in [0.05, 0.1) is 0 Å². The molecule has 0 saturated carbocycles. The molecule has 0 atom stereocenters. The van der Waals surface area contributed by atoms with Crippen molar-refractivity contribution in [3.63, 3.8) is 0 Å². The predicted octanol–water partition coefficient (Wildman–Crippen LogP) is 5.84. The lowest BCUT2D eigenvalue weighted by atomic mass is 10.0. The number of Topliss-reactive ketones (excluding diaryl/α,β-unsaturated/α-hetero) is 2. The normalized spacial score (nSPS) is 10.5. The van der Waals surface area contributed by atoms with Crippen LogP contribution in [0.25, 0.3) is 0 Å². The SMILES string of the molecule is O=C(CCCCC(=O)c1ccc(Br)cc1)c1ccc(Br)cc1. The summed E-state index contributed by atoms with van der Waals surface area (Å²) < 4.78 is 1.92. The molecule has 0 unspecified atom stereocenters. The standard InChI is InChI=1S/C18H16Br2O2/c19-15-9-5-13(6-10-15)17(21)3-1-2-4-18(22)14-7-11-16(20)12-8-14/h5-12H,1-4H2. The number of rotatable bonds is 7. The number of ketones is 2. The van der Waals surface area contributed by atoms with Gasteiger partial charge in [-0.25, -0.2) is 0 Å². The molecule has 2 nitrogen and oxygen atoms in total. The van der Waals surface area contributed by atoms with E-state index in [0.717, 1.165) is 32.9 Å². The zero-order valence-electron chi connectivity index (χ0n) is 12.0. The van der Waals surface area contributed by atoms with Gasteiger partial charge in [0.15, 0.2) is 11.6 Å². The van der Waals surface area contributed by atoms with E-state index in [9.17, 15) is 9.59 Å². The first-order valence-corrected chi connectivity index (χ1v) is 8.72. The summed E-state index contributed by atoms with van der Waals surface area (Å²) >= 11 is 6.70. The van der Waals surface area contributed by atoms with Crippen molar-refractivity contribution >= 4 is 43.4 Å². The van der Waals surface area contributed by atoms with Crippen LogP contribution in [0, 0.1) is 0 Å². The Hall–Kier alpha value is -1.26. The molecule has 2 aromatic rings. The Morgan fingerprint density at radius 3 is 1.27 bits per heavy atom. The van der Waals surface area contributed by atoms with E-state index < -0.39 is 0 Å². The molecular formula is C18H16Br2O2. The molecule has 0 bridgehead atoms. The van der Waals surface area contributed by atoms with Gasteiger partial charge in [0.2, 0.25) is 0 Å². The zero-order valence-corrected chi connectivity index (χ0v) is 15.2. The largest absolute Gasteiger partial charge is 0.294 e. The number of carbonyl (C=O) groups excluding carboxylic acids is 2. The van der Waals surface area contributed by atoms with E-state index in [4.69, 9.17) is 0 Å². The number of benzene rings is 2. The maximum Gasteiger partial charge on any atom is 0.162 e. The molecule has 0 radical (unpaired) electrons. The molecule has 2 rings (SSSR count). The predicted molar refractivity (Wildman–Crippen MR) is 95.4 cm³/mol. The molecule has 0 aromatic heterocycles. The first-order chi connectivity index (χ1) is 10.6. The van der Waals surface area contributed by atoms with Gasteiger partial charge in [0.1, 0.15) is 0 Å². The number of carbonyl (C=O) groups is 2. The van der Waals surface area contributed by atoms with Crippen LogP contribution in [0.3, 0.4) is 0 Å². The Morgan fingerprint density at radius 1 is 0.636 bits per heavy atom. The third-order valence-electron chi connectivity index (χ3n) is 3.39. The van der Waals surface area contributed by atoms with Crippen LogP contribution in [-0.2, 0) is 0 Å². The minimum atomic E-state index is 0.128. The molecule has 0 amide bonds. The van der Waals surface area contributed by atoms with Crippen molar-refractivity contribution in [2.24, 2.45) is 0 Å². The van der Waals surface area contributed by atoms with Gasteiger partial charge in [-0.1, -0.05) is 56.1 Å². The highest BCUT2D eigenvalue weighted by Crippen LogP contribution is 2.15. The van der Waals surface area contributed by atoms with E-state index in [2.05, 4.69) is 31.9 Å². The fourth-order valence-corrected chi connectivity index (χ4v) is 2.66. The van der Waals surface area contributed by atoms with E-state index in [1.54, 1.807) is 0 Å². The van der Waals surface area contributed by atoms with Gasteiger partial charge in [-0.15, -0.1) is 0 Å². The molecule has 0 fully saturated rings. The van der Waals surface area contributed by atoms with Crippen LogP contribution in [0.5, 0.6) is 0 Å². The lowest BCUT2D eigenvalue weighted by Crippen LogP contribution is -2.01. The third kappa shape index (κ3) is 5.18. The van der Waals surface area contributed by atoms with Crippen molar-refractivity contribution in [3.8, 4) is 0 Å². The number of unbranched alkanes of at least 4 members (excludes halogenated alkanes) is 1. The summed E-state index contributed by atoms with van der Waals surface area (Å²) in [4.78, 5) is 24.0. The lowest BCUT2D eigenvalue weighted by molar-refractivity contribution is 0.0954. The minimum absolute atomic E-state index is 0.128. The second-order valence-electron chi connectivity index (χ2n) is 5.07. The van der Waals surface area contributed by atoms with Crippen LogP contribution >= 0.6 is 31.9 Å². The second-order valence-corrected chi connectivity index (χ2v) is 6.90. The van der Waals surface area contributed by atoms with Crippen molar-refractivity contribution in [2.45, 2.75) is 25.7 Å². The van der Waals surface area contributed by atoms with Gasteiger partial charge in [-0.3, -0.25) is 9.59 Å². The van der Waals surface area contributed by atoms with Gasteiger partial charge < -0.3 is 0 Å². The summed E-state index contributed by atoms with van der Waals surface area (Å²) in [5.41, 5.74) is 1.45. The highest BCUT2D eigenvalue weighted by molar-refractivity contribution is 9.10. The van der Waals surface area contributed by atoms with Gasteiger partial charge in [0, 0.05) is 32.9 Å². The van der Waals surface area contributed by atoms with Gasteiger partial charge in [0.25, 0.3) is 0 Å². The van der Waals surface area contributed by atoms with E-state index in [1.807, 2.05) is 48.5 Å². The highest BCUT2D eigenvalue weighted by Gasteiger charge is 2.08. The Kier molecular flexibility index (Phi) is 6.52. The fraction of sp³-hybridized carbons (Fsp3) is 0.222. The smallest absolute Gasteiger partial charge is 0.162 e. The molecule has 0 aliphatic rings. The summed E-state index contributed by atoms with van der Waals surface area (Å²) in [5.74, 6) is 0.257. The van der Waals surface area contributed by atoms with Gasteiger partial charge >= 0.3 is 0 Å². The molecular weight excluding hydrogens is 408 g/mol. The lowest BCUT2D eigenvalue weighted by Gasteiger charge is -2.03. The number of hydrogen-bond acceptors (Lipinski definition) is 2. The maximum atomic E-state index is 12.0. The number of hydrogen-bond donors (Lipinski definition) is 0. The Morgan fingerprint density at radius 2 is 0.955 bits per heavy atom. The molecule has 2 aromatic carbocycles. The van der Waals surface area contributed by atoms with E-state index in [0.29, 0.717) is 12.8 Å². The van der Waals surface area contributed by atoms with E-state index in [-0.39, 0.29) is 11.6 Å². The van der Waals surface area contributed by atoms with Gasteiger partial charge in [-0.05, 0) is 37.1 Å². The van der Waals surface area contributed by atoms with Crippen molar-refractivity contribution < 1.29 is 9.59 Å². The molecule has 4 heteroatoms. The number of halogens is 2. The van der Waals surface area contributed by atoms with Crippen LogP contribution in [0.2, 0.25) is 0 Å². The highest BCUT2D eigenvalue weighted by atomic mass is 79.9. The summed E-state index contributed by atoms with van der Waals surface area (Å²) in [5, 5.41) is 0. The van der Waals surface area contributed by atoms with Crippen LogP contribution < -0.4 is 0 Å². The average molecular weight is 424 g/mol. The first-order valence-electron chi connectivity index (χ1n) is 7.14. The zero-order chi connectivity index (χ0) is 15.9. The monoisotopic (exact) mass is 422 g/mol. The second kappa shape index (κ2) is 8.39. The summed E-state index contributed by atoms with van der Waals surface area (Å²) in [6.07, 6.45) is 2.43. The third-order valence-corrected chi connectivity index (χ3v) is 4.45. The van der Waals surface area contributed by atoms with Crippen molar-refractivity contribution in [2.75, 3.05) is 0 Å². The average Bonchev–Trinajstić information content (AvgIpc) is 2.52. The molecule has 0 heterocycles. The Labute approximate surface area is 147 Å². The van der Waals surface area contributed by atoms with Crippen LogP contribution in [0.4, 0.5) is 0 Å². The molecule has 0 N–H and O–H groups in total. The van der Waals surface area contributed by atoms with Crippen molar-refractivity contribution in [1.29, 1.82) is 0 Å². The first kappa shape index (κ1) is 17.1. The van der Waals surface area contributed by atoms with Gasteiger partial charge in [-0.2, -0.15) is 0 Å². The maximum absolute atomic E-state index is 12.0. The van der Waals surface area contributed by atoms with Crippen LogP contribution in [0.15, 0.2) is 57.5 Å². The summed E-state index contributed by atoms with van der Waals surface area (Å²) in [7, 11) is 0.